The highest BCUT2D eigenvalue weighted by atomic mass is 35.5. The lowest BCUT2D eigenvalue weighted by molar-refractivity contribution is -0.137. The molecule has 4 rings (SSSR count). The molecule has 5 nitrogen and oxygen atoms in total. The first-order valence-corrected chi connectivity index (χ1v) is 10.4. The van der Waals surface area contributed by atoms with E-state index >= 15 is 0 Å². The average Bonchev–Trinajstić information content (AvgIpc) is 3.06. The largest absolute Gasteiger partial charge is 0.508 e. The third-order valence-electron chi connectivity index (χ3n) is 6.38. The molecule has 0 aromatic heterocycles. The summed E-state index contributed by atoms with van der Waals surface area (Å²) in [5.41, 5.74) is 0.679. The highest BCUT2D eigenvalue weighted by molar-refractivity contribution is 6.32. The van der Waals surface area contributed by atoms with Gasteiger partial charge in [0.2, 0.25) is 0 Å². The van der Waals surface area contributed by atoms with Gasteiger partial charge in [-0.15, -0.1) is 0 Å². The predicted octanol–water partition coefficient (Wildman–Crippen LogP) is 4.37. The number of nitrogens with zero attached hydrogens (tertiary/aromatic N) is 1. The third kappa shape index (κ3) is 3.76. The topological polar surface area (TPSA) is 81.0 Å². The van der Waals surface area contributed by atoms with Crippen LogP contribution in [0.15, 0.2) is 30.3 Å². The number of aliphatic hydroxyl groups is 1. The van der Waals surface area contributed by atoms with Crippen LogP contribution in [0.3, 0.4) is 0 Å². The van der Waals surface area contributed by atoms with Crippen molar-refractivity contribution < 1.29 is 33.3 Å². The number of benzene rings is 2. The van der Waals surface area contributed by atoms with Crippen LogP contribution >= 0.6 is 11.6 Å². The zero-order valence-electron chi connectivity index (χ0n) is 17.1. The maximum atomic E-state index is 13.0. The first-order valence-electron chi connectivity index (χ1n) is 10.0. The average molecular weight is 468 g/mol. The third-order valence-corrected chi connectivity index (χ3v) is 6.69. The summed E-state index contributed by atoms with van der Waals surface area (Å²) in [6, 6.07) is 3.78. The van der Waals surface area contributed by atoms with Crippen LogP contribution in [-0.2, 0) is 12.6 Å². The molecule has 170 valence electrons. The van der Waals surface area contributed by atoms with E-state index in [1.807, 2.05) is 11.9 Å². The van der Waals surface area contributed by atoms with E-state index < -0.39 is 17.5 Å². The minimum atomic E-state index is -4.55. The molecule has 0 saturated carbocycles. The molecule has 0 radical (unpaired) electrons. The van der Waals surface area contributed by atoms with Crippen molar-refractivity contribution in [2.24, 2.45) is 0 Å². The van der Waals surface area contributed by atoms with Gasteiger partial charge in [-0.25, -0.2) is 0 Å². The van der Waals surface area contributed by atoms with Crippen molar-refractivity contribution in [2.75, 3.05) is 20.2 Å². The Morgan fingerprint density at radius 3 is 2.53 bits per heavy atom. The lowest BCUT2D eigenvalue weighted by Crippen LogP contribution is -2.32. The summed E-state index contributed by atoms with van der Waals surface area (Å²) in [7, 11) is 1.85. The molecule has 0 amide bonds. The van der Waals surface area contributed by atoms with Crippen molar-refractivity contribution in [1.29, 1.82) is 0 Å². The molecule has 3 N–H and O–H groups in total. The number of ketones is 1. The Hall–Kier alpha value is -2.55. The fourth-order valence-corrected chi connectivity index (χ4v) is 5.11. The summed E-state index contributed by atoms with van der Waals surface area (Å²) in [5.74, 6) is -1.36. The molecule has 1 saturated heterocycles. The second kappa shape index (κ2) is 8.10. The van der Waals surface area contributed by atoms with Gasteiger partial charge in [0.15, 0.2) is 5.78 Å². The minimum Gasteiger partial charge on any atom is -0.508 e. The fourth-order valence-electron chi connectivity index (χ4n) is 4.80. The summed E-state index contributed by atoms with van der Waals surface area (Å²) in [6.45, 7) is 0.518. The Kier molecular flexibility index (Phi) is 5.73. The number of hydrogen-bond acceptors (Lipinski definition) is 5. The summed E-state index contributed by atoms with van der Waals surface area (Å²) in [6.07, 6.45) is -2.59. The van der Waals surface area contributed by atoms with Gasteiger partial charge in [0.05, 0.1) is 17.7 Å². The Bertz CT molecular complexity index is 1130. The van der Waals surface area contributed by atoms with Gasteiger partial charge in [-0.2, -0.15) is 13.2 Å². The van der Waals surface area contributed by atoms with Gasteiger partial charge in [0.25, 0.3) is 0 Å². The van der Waals surface area contributed by atoms with E-state index in [1.165, 1.54) is 12.1 Å². The highest BCUT2D eigenvalue weighted by Gasteiger charge is 2.38. The Balaban J connectivity index is 1.82. The molecule has 2 aliphatic rings. The molecule has 1 heterocycles. The molecule has 0 bridgehead atoms. The van der Waals surface area contributed by atoms with E-state index in [1.54, 1.807) is 0 Å². The molecule has 0 spiro atoms. The molecular formula is C23H21ClF3NO4. The molecule has 9 heteroatoms. The first kappa shape index (κ1) is 22.6. The number of halogens is 4. The van der Waals surface area contributed by atoms with Crippen molar-refractivity contribution in [3.8, 4) is 11.5 Å². The van der Waals surface area contributed by atoms with Crippen LogP contribution in [0.4, 0.5) is 13.2 Å². The predicted molar refractivity (Wildman–Crippen MR) is 113 cm³/mol. The smallest absolute Gasteiger partial charge is 0.416 e. The summed E-state index contributed by atoms with van der Waals surface area (Å²) in [4.78, 5) is 14.9. The number of carbonyl (C=O) groups is 1. The maximum absolute atomic E-state index is 13.0. The molecule has 2 atom stereocenters. The van der Waals surface area contributed by atoms with Crippen LogP contribution in [-0.4, -0.2) is 52.2 Å². The lowest BCUT2D eigenvalue weighted by atomic mass is 9.78. The number of alkyl halides is 3. The SMILES string of the molecule is CN1CC[C@@H](c2c(O)cc(O)c3c2CC(c2ccc(C(F)(F)F)cc2Cl)=CC3=O)[C@@H]1CO. The van der Waals surface area contributed by atoms with Crippen molar-refractivity contribution in [2.45, 2.75) is 31.0 Å². The van der Waals surface area contributed by atoms with Gasteiger partial charge < -0.3 is 20.2 Å². The van der Waals surface area contributed by atoms with E-state index in [4.69, 9.17) is 11.6 Å². The van der Waals surface area contributed by atoms with E-state index in [2.05, 4.69) is 0 Å². The monoisotopic (exact) mass is 467 g/mol. The standard InChI is InChI=1S/C23H21ClF3NO4/c1-28-5-4-14(17(28)10-29)21-15-6-11(7-18(30)22(15)20(32)9-19(21)31)13-3-2-12(8-16(13)24)23(25,26)27/h2-3,7-9,14,17,29,31-32H,4-6,10H2,1H3/t14-,17+/m1/s1. The number of aromatic hydroxyl groups is 2. The van der Waals surface area contributed by atoms with Gasteiger partial charge >= 0.3 is 6.18 Å². The number of phenolic OH excluding ortho intramolecular Hbond substituents is 2. The number of allylic oxidation sites excluding steroid dienone is 2. The zero-order chi connectivity index (χ0) is 23.4. The minimum absolute atomic E-state index is 0.0517. The van der Waals surface area contributed by atoms with Crippen molar-refractivity contribution >= 4 is 23.0 Å². The molecule has 2 aromatic carbocycles. The molecule has 2 aromatic rings. The number of hydrogen-bond donors (Lipinski definition) is 3. The second-order valence-corrected chi connectivity index (χ2v) is 8.62. The summed E-state index contributed by atoms with van der Waals surface area (Å²) >= 11 is 6.15. The number of likely N-dealkylation sites (N-methyl/N-ethyl adjacent to an activating group) is 1. The fraction of sp³-hybridized carbons (Fsp3) is 0.348. The summed E-state index contributed by atoms with van der Waals surface area (Å²) in [5, 5.41) is 30.8. The van der Waals surface area contributed by atoms with Crippen LogP contribution in [0, 0.1) is 0 Å². The van der Waals surface area contributed by atoms with Crippen molar-refractivity contribution in [3.63, 3.8) is 0 Å². The zero-order valence-corrected chi connectivity index (χ0v) is 17.8. The highest BCUT2D eigenvalue weighted by Crippen LogP contribution is 2.46. The maximum Gasteiger partial charge on any atom is 0.416 e. The second-order valence-electron chi connectivity index (χ2n) is 8.21. The Morgan fingerprint density at radius 2 is 1.91 bits per heavy atom. The molecule has 0 unspecified atom stereocenters. The number of aliphatic hydroxyl groups excluding tert-OH is 1. The van der Waals surface area contributed by atoms with Crippen LogP contribution < -0.4 is 0 Å². The lowest BCUT2D eigenvalue weighted by Gasteiger charge is -2.28. The molecular weight excluding hydrogens is 447 g/mol. The van der Waals surface area contributed by atoms with E-state index in [0.717, 1.165) is 18.2 Å². The Labute approximate surface area is 187 Å². The van der Waals surface area contributed by atoms with E-state index in [9.17, 15) is 33.3 Å². The van der Waals surface area contributed by atoms with Crippen LogP contribution in [0.25, 0.3) is 5.57 Å². The van der Waals surface area contributed by atoms with Gasteiger partial charge in [-0.1, -0.05) is 17.7 Å². The number of rotatable bonds is 3. The van der Waals surface area contributed by atoms with Gasteiger partial charge in [-0.3, -0.25) is 4.79 Å². The number of phenols is 2. The molecule has 32 heavy (non-hydrogen) atoms. The number of fused-ring (bicyclic) bond motifs is 1. The first-order chi connectivity index (χ1) is 15.0. The van der Waals surface area contributed by atoms with Crippen LogP contribution in [0.2, 0.25) is 5.02 Å². The normalized spacial score (nSPS) is 21.6. The van der Waals surface area contributed by atoms with Gasteiger partial charge in [-0.05, 0) is 61.3 Å². The van der Waals surface area contributed by atoms with Gasteiger partial charge in [0.1, 0.15) is 11.5 Å². The van der Waals surface area contributed by atoms with Gasteiger partial charge in [0, 0.05) is 28.6 Å². The van der Waals surface area contributed by atoms with Crippen molar-refractivity contribution in [1.82, 2.24) is 4.90 Å². The van der Waals surface area contributed by atoms with E-state index in [0.29, 0.717) is 29.7 Å². The molecule has 1 aliphatic carbocycles. The van der Waals surface area contributed by atoms with E-state index in [-0.39, 0.29) is 52.6 Å². The number of likely N-dealkylation sites (tertiary alicyclic amines) is 1. The Morgan fingerprint density at radius 1 is 1.19 bits per heavy atom. The van der Waals surface area contributed by atoms with Crippen LogP contribution in [0.5, 0.6) is 11.5 Å². The van der Waals surface area contributed by atoms with Crippen LogP contribution in [0.1, 0.15) is 45.0 Å². The quantitative estimate of drug-likeness (QED) is 0.624. The number of carbonyl (C=O) groups excluding carboxylic acids is 1. The molecule has 1 fully saturated rings. The molecule has 1 aliphatic heterocycles. The summed E-state index contributed by atoms with van der Waals surface area (Å²) < 4.78 is 39.0. The van der Waals surface area contributed by atoms with Crippen molar-refractivity contribution in [3.05, 3.63) is 63.2 Å².